The molecule has 0 aromatic heterocycles. The van der Waals surface area contributed by atoms with Crippen molar-refractivity contribution in [2.75, 3.05) is 0 Å². The molecule has 0 nitrogen and oxygen atoms in total. The maximum absolute atomic E-state index is 1.70. The molecule has 8 fully saturated rings. The quantitative estimate of drug-likeness (QED) is 0.486. The molecule has 0 heterocycles. The first-order chi connectivity index (χ1) is 12.8. The molecule has 0 bridgehead atoms. The zero-order valence-electron chi connectivity index (χ0n) is 16.7. The van der Waals surface area contributed by atoms with Crippen molar-refractivity contribution in [3.63, 3.8) is 0 Å². The highest BCUT2D eigenvalue weighted by atomic mass is 14.8. The highest BCUT2D eigenvalue weighted by Gasteiger charge is 2.75. The summed E-state index contributed by atoms with van der Waals surface area (Å²) in [6, 6.07) is 0. The second-order valence-electron chi connectivity index (χ2n) is 13.0. The van der Waals surface area contributed by atoms with Crippen molar-refractivity contribution in [1.82, 2.24) is 0 Å². The minimum atomic E-state index is 0.895. The molecule has 7 atom stereocenters. The van der Waals surface area contributed by atoms with E-state index in [0.29, 0.717) is 0 Å². The Morgan fingerprint density at radius 1 is 0.538 bits per heavy atom. The second kappa shape index (κ2) is 4.43. The van der Waals surface area contributed by atoms with E-state index in [2.05, 4.69) is 0 Å². The average Bonchev–Trinajstić information content (AvgIpc) is 3.50. The fourth-order valence-corrected chi connectivity index (χ4v) is 11.1. The molecule has 0 aromatic rings. The number of rotatable bonds is 1. The topological polar surface area (TPSA) is 0 Å². The largest absolute Gasteiger partial charge is 0.0499 e. The first-order valence-electron chi connectivity index (χ1n) is 12.8. The van der Waals surface area contributed by atoms with Gasteiger partial charge in [-0.3, -0.25) is 0 Å². The van der Waals surface area contributed by atoms with Gasteiger partial charge in [-0.1, -0.05) is 0 Å². The predicted molar refractivity (Wildman–Crippen MR) is 104 cm³/mol. The minimum absolute atomic E-state index is 0.895. The Labute approximate surface area is 160 Å². The third kappa shape index (κ3) is 1.64. The van der Waals surface area contributed by atoms with E-state index in [-0.39, 0.29) is 0 Å². The highest BCUT2D eigenvalue weighted by molar-refractivity contribution is 5.24. The van der Waals surface area contributed by atoms with Crippen molar-refractivity contribution >= 4 is 0 Å². The van der Waals surface area contributed by atoms with Crippen molar-refractivity contribution in [1.29, 1.82) is 0 Å². The molecule has 142 valence electrons. The van der Waals surface area contributed by atoms with Crippen LogP contribution in [0.25, 0.3) is 0 Å². The molecule has 26 heavy (non-hydrogen) atoms. The van der Waals surface area contributed by atoms with Gasteiger partial charge in [0.25, 0.3) is 0 Å². The Kier molecular flexibility index (Phi) is 2.54. The third-order valence-electron chi connectivity index (χ3n) is 12.5. The molecule has 0 aliphatic heterocycles. The Morgan fingerprint density at radius 3 is 2.00 bits per heavy atom. The summed E-state index contributed by atoms with van der Waals surface area (Å²) in [4.78, 5) is 0. The van der Waals surface area contributed by atoms with E-state index in [1.165, 1.54) is 41.4 Å². The van der Waals surface area contributed by atoms with Gasteiger partial charge in [0, 0.05) is 0 Å². The molecular formula is C26H38. The van der Waals surface area contributed by atoms with Gasteiger partial charge >= 0.3 is 0 Å². The molecule has 8 rings (SSSR count). The summed E-state index contributed by atoms with van der Waals surface area (Å²) in [5, 5.41) is 0. The van der Waals surface area contributed by atoms with Crippen LogP contribution in [0.4, 0.5) is 0 Å². The van der Waals surface area contributed by atoms with Crippen molar-refractivity contribution in [2.24, 2.45) is 63.6 Å². The van der Waals surface area contributed by atoms with E-state index in [0.717, 1.165) is 22.2 Å². The van der Waals surface area contributed by atoms with Crippen LogP contribution in [-0.4, -0.2) is 0 Å². The molecule has 0 radical (unpaired) electrons. The number of hydrogen-bond acceptors (Lipinski definition) is 0. The van der Waals surface area contributed by atoms with Crippen molar-refractivity contribution < 1.29 is 0 Å². The Balaban J connectivity index is 1.16. The van der Waals surface area contributed by atoms with Gasteiger partial charge in [0.2, 0.25) is 0 Å². The summed E-state index contributed by atoms with van der Waals surface area (Å²) >= 11 is 0. The van der Waals surface area contributed by atoms with Crippen LogP contribution in [0.3, 0.4) is 0 Å². The summed E-state index contributed by atoms with van der Waals surface area (Å²) < 4.78 is 0. The summed E-state index contributed by atoms with van der Waals surface area (Å²) in [5.41, 5.74) is 2.72. The predicted octanol–water partition coefficient (Wildman–Crippen LogP) is 6.84. The standard InChI is InChI=1S/C26H38/c1-2-17(1)23-22-16(7-8-24(23)9-10-24)3-4-18-19(22)5-6-21-20(18)15-25(11-12-25)26(21)13-14-26/h16-23H,1-15H2. The summed E-state index contributed by atoms with van der Waals surface area (Å²) in [6.07, 6.45) is 24.7. The van der Waals surface area contributed by atoms with E-state index in [4.69, 9.17) is 0 Å². The van der Waals surface area contributed by atoms with Crippen LogP contribution in [0.15, 0.2) is 0 Å². The highest BCUT2D eigenvalue weighted by Crippen LogP contribution is 2.84. The normalized spacial score (nSPS) is 56.1. The van der Waals surface area contributed by atoms with E-state index < -0.39 is 0 Å². The van der Waals surface area contributed by atoms with Gasteiger partial charge in [-0.15, -0.1) is 0 Å². The zero-order valence-corrected chi connectivity index (χ0v) is 16.7. The molecule has 3 spiro atoms. The molecule has 0 N–H and O–H groups in total. The molecule has 8 aliphatic carbocycles. The lowest BCUT2D eigenvalue weighted by Gasteiger charge is -2.57. The minimum Gasteiger partial charge on any atom is -0.0499 e. The first kappa shape index (κ1) is 14.9. The Morgan fingerprint density at radius 2 is 1.31 bits per heavy atom. The van der Waals surface area contributed by atoms with E-state index in [1.54, 1.807) is 96.3 Å². The SMILES string of the molecule is C1CC2C(CCC3C2CC2(CC2)C32CC2)C2C1CCC1(CC1)C2C1CC1. The van der Waals surface area contributed by atoms with E-state index in [9.17, 15) is 0 Å². The molecule has 8 aliphatic rings. The lowest BCUT2D eigenvalue weighted by molar-refractivity contribution is -0.0820. The lowest BCUT2D eigenvalue weighted by Crippen LogP contribution is -2.50. The molecule has 7 unspecified atom stereocenters. The van der Waals surface area contributed by atoms with Crippen LogP contribution in [0.5, 0.6) is 0 Å². The van der Waals surface area contributed by atoms with E-state index >= 15 is 0 Å². The van der Waals surface area contributed by atoms with Crippen LogP contribution >= 0.6 is 0 Å². The van der Waals surface area contributed by atoms with Gasteiger partial charge in [-0.05, 0) is 160 Å². The molecule has 0 amide bonds. The van der Waals surface area contributed by atoms with Gasteiger partial charge in [0.05, 0.1) is 0 Å². The molecular weight excluding hydrogens is 312 g/mol. The van der Waals surface area contributed by atoms with Gasteiger partial charge in [0.15, 0.2) is 0 Å². The summed E-state index contributed by atoms with van der Waals surface area (Å²) in [7, 11) is 0. The number of fused-ring (bicyclic) bond motifs is 7. The Bertz CT molecular complexity index is 643. The van der Waals surface area contributed by atoms with Crippen LogP contribution in [0.1, 0.15) is 96.3 Å². The van der Waals surface area contributed by atoms with Crippen LogP contribution in [-0.2, 0) is 0 Å². The van der Waals surface area contributed by atoms with Gasteiger partial charge < -0.3 is 0 Å². The van der Waals surface area contributed by atoms with Crippen LogP contribution in [0, 0.1) is 63.6 Å². The Hall–Kier alpha value is 0. The van der Waals surface area contributed by atoms with Crippen LogP contribution < -0.4 is 0 Å². The van der Waals surface area contributed by atoms with Crippen molar-refractivity contribution in [3.8, 4) is 0 Å². The monoisotopic (exact) mass is 350 g/mol. The third-order valence-corrected chi connectivity index (χ3v) is 12.5. The van der Waals surface area contributed by atoms with Gasteiger partial charge in [-0.2, -0.15) is 0 Å². The van der Waals surface area contributed by atoms with Gasteiger partial charge in [0.1, 0.15) is 0 Å². The average molecular weight is 351 g/mol. The summed E-state index contributed by atoms with van der Waals surface area (Å²) in [5.74, 6) is 9.51. The van der Waals surface area contributed by atoms with Crippen molar-refractivity contribution in [3.05, 3.63) is 0 Å². The second-order valence-corrected chi connectivity index (χ2v) is 13.0. The lowest BCUT2D eigenvalue weighted by atomic mass is 9.48. The summed E-state index contributed by atoms with van der Waals surface area (Å²) in [6.45, 7) is 0. The molecule has 0 saturated heterocycles. The smallest absolute Gasteiger partial charge is 0.0209 e. The van der Waals surface area contributed by atoms with E-state index in [1.807, 2.05) is 0 Å². The fourth-order valence-electron chi connectivity index (χ4n) is 11.1. The first-order valence-corrected chi connectivity index (χ1v) is 12.8. The number of hydrogen-bond donors (Lipinski definition) is 0. The van der Waals surface area contributed by atoms with Crippen LogP contribution in [0.2, 0.25) is 0 Å². The van der Waals surface area contributed by atoms with Crippen molar-refractivity contribution in [2.45, 2.75) is 96.3 Å². The maximum Gasteiger partial charge on any atom is -0.0209 e. The molecule has 0 aromatic carbocycles. The molecule has 8 saturated carbocycles. The maximum atomic E-state index is 1.70. The fraction of sp³-hybridized carbons (Fsp3) is 1.00. The zero-order chi connectivity index (χ0) is 16.7. The molecule has 0 heteroatoms. The van der Waals surface area contributed by atoms with Gasteiger partial charge in [-0.25, -0.2) is 0 Å².